The first-order valence-electron chi connectivity index (χ1n) is 5.22. The second-order valence-corrected chi connectivity index (χ2v) is 4.64. The van der Waals surface area contributed by atoms with E-state index in [1.54, 1.807) is 0 Å². The van der Waals surface area contributed by atoms with Crippen molar-refractivity contribution in [3.05, 3.63) is 35.6 Å². The molecule has 1 aliphatic heterocycles. The van der Waals surface area contributed by atoms with Gasteiger partial charge in [-0.2, -0.15) is 0 Å². The van der Waals surface area contributed by atoms with Gasteiger partial charge in [-0.1, -0.05) is 12.1 Å². The van der Waals surface area contributed by atoms with Gasteiger partial charge >= 0.3 is 0 Å². The van der Waals surface area contributed by atoms with Crippen LogP contribution in [0.5, 0.6) is 0 Å². The molecule has 0 aromatic heterocycles. The van der Waals surface area contributed by atoms with Gasteiger partial charge in [-0.15, -0.1) is 0 Å². The first-order valence-corrected chi connectivity index (χ1v) is 5.22. The lowest BCUT2D eigenvalue weighted by Gasteiger charge is -2.10. The largest absolute Gasteiger partial charge is 0.355 e. The molecule has 1 aromatic carbocycles. The number of carbonyl (C=O) groups excluding carboxylic acids is 1. The van der Waals surface area contributed by atoms with E-state index >= 15 is 0 Å². The van der Waals surface area contributed by atoms with E-state index in [4.69, 9.17) is 0 Å². The molecule has 1 heterocycles. The molecule has 0 radical (unpaired) electrons. The van der Waals surface area contributed by atoms with Gasteiger partial charge in [-0.05, 0) is 30.5 Å². The van der Waals surface area contributed by atoms with Crippen LogP contribution in [0.1, 0.15) is 12.0 Å². The van der Waals surface area contributed by atoms with E-state index in [1.807, 2.05) is 12.1 Å². The van der Waals surface area contributed by atoms with E-state index in [9.17, 15) is 9.18 Å². The second kappa shape index (κ2) is 2.81. The number of amides is 1. The molecular weight excluding hydrogens is 193 g/mol. The van der Waals surface area contributed by atoms with Gasteiger partial charge in [0.1, 0.15) is 5.82 Å². The van der Waals surface area contributed by atoms with Crippen molar-refractivity contribution in [1.29, 1.82) is 0 Å². The maximum Gasteiger partial charge on any atom is 0.223 e. The Kier molecular flexibility index (Phi) is 1.67. The maximum absolute atomic E-state index is 12.7. The summed E-state index contributed by atoms with van der Waals surface area (Å²) in [5, 5.41) is 2.88. The molecule has 1 saturated carbocycles. The molecule has 3 rings (SSSR count). The number of rotatable bonds is 2. The van der Waals surface area contributed by atoms with E-state index < -0.39 is 0 Å². The first-order chi connectivity index (χ1) is 7.20. The zero-order valence-corrected chi connectivity index (χ0v) is 8.29. The lowest BCUT2D eigenvalue weighted by atomic mass is 9.96. The molecule has 2 aliphatic rings. The fraction of sp³-hybridized carbons (Fsp3) is 0.417. The summed E-state index contributed by atoms with van der Waals surface area (Å²) in [4.78, 5) is 11.3. The third kappa shape index (κ3) is 1.34. The predicted octanol–water partition coefficient (Wildman–Crippen LogP) is 1.50. The van der Waals surface area contributed by atoms with Gasteiger partial charge in [0.15, 0.2) is 0 Å². The van der Waals surface area contributed by atoms with E-state index in [1.165, 1.54) is 12.1 Å². The van der Waals surface area contributed by atoms with Gasteiger partial charge in [-0.3, -0.25) is 4.79 Å². The molecule has 1 aliphatic carbocycles. The van der Waals surface area contributed by atoms with Crippen molar-refractivity contribution in [3.63, 3.8) is 0 Å². The molecule has 15 heavy (non-hydrogen) atoms. The van der Waals surface area contributed by atoms with Crippen LogP contribution >= 0.6 is 0 Å². The third-order valence-electron chi connectivity index (χ3n) is 3.59. The van der Waals surface area contributed by atoms with E-state index in [-0.39, 0.29) is 23.1 Å². The molecule has 3 heteroatoms. The second-order valence-electron chi connectivity index (χ2n) is 4.64. The molecule has 1 saturated heterocycles. The predicted molar refractivity (Wildman–Crippen MR) is 53.7 cm³/mol. The van der Waals surface area contributed by atoms with Gasteiger partial charge in [-0.25, -0.2) is 4.39 Å². The average Bonchev–Trinajstić information content (AvgIpc) is 2.86. The standard InChI is InChI=1S/C12H12FNO/c13-9-3-1-8(2-4-9)5-12-6-10(12)11(15)14-7-12/h1-4,10H,5-7H2,(H,14,15). The highest BCUT2D eigenvalue weighted by Gasteiger charge is 2.61. The monoisotopic (exact) mass is 205 g/mol. The summed E-state index contributed by atoms with van der Waals surface area (Å²) in [6.07, 6.45) is 1.88. The van der Waals surface area contributed by atoms with Crippen molar-refractivity contribution >= 4 is 5.91 Å². The molecular formula is C12H12FNO. The van der Waals surface area contributed by atoms with Crippen molar-refractivity contribution in [1.82, 2.24) is 5.32 Å². The highest BCUT2D eigenvalue weighted by Crippen LogP contribution is 2.57. The zero-order chi connectivity index (χ0) is 10.5. The van der Waals surface area contributed by atoms with Crippen LogP contribution < -0.4 is 5.32 Å². The molecule has 1 amide bonds. The van der Waals surface area contributed by atoms with Crippen LogP contribution in [-0.4, -0.2) is 12.5 Å². The first kappa shape index (κ1) is 8.89. The van der Waals surface area contributed by atoms with E-state index in [0.717, 1.165) is 24.9 Å². The van der Waals surface area contributed by atoms with Crippen molar-refractivity contribution in [2.24, 2.45) is 11.3 Å². The molecule has 2 nitrogen and oxygen atoms in total. The number of halogens is 1. The molecule has 1 N–H and O–H groups in total. The van der Waals surface area contributed by atoms with Crippen LogP contribution in [-0.2, 0) is 11.2 Å². The number of hydrogen-bond donors (Lipinski definition) is 1. The van der Waals surface area contributed by atoms with Crippen LogP contribution in [0.3, 0.4) is 0 Å². The van der Waals surface area contributed by atoms with Crippen LogP contribution in [0.4, 0.5) is 4.39 Å². The topological polar surface area (TPSA) is 29.1 Å². The fourth-order valence-electron chi connectivity index (χ4n) is 2.57. The van der Waals surface area contributed by atoms with Crippen molar-refractivity contribution in [3.8, 4) is 0 Å². The average molecular weight is 205 g/mol. The van der Waals surface area contributed by atoms with E-state index in [0.29, 0.717) is 0 Å². The molecule has 0 spiro atoms. The summed E-state index contributed by atoms with van der Waals surface area (Å²) in [7, 11) is 0. The Morgan fingerprint density at radius 1 is 1.40 bits per heavy atom. The van der Waals surface area contributed by atoms with Gasteiger partial charge in [0.25, 0.3) is 0 Å². The molecule has 78 valence electrons. The van der Waals surface area contributed by atoms with Gasteiger partial charge in [0.2, 0.25) is 5.91 Å². The Hall–Kier alpha value is -1.38. The number of nitrogens with one attached hydrogen (secondary N) is 1. The maximum atomic E-state index is 12.7. The third-order valence-corrected chi connectivity index (χ3v) is 3.59. The van der Waals surface area contributed by atoms with Crippen LogP contribution in [0.15, 0.2) is 24.3 Å². The number of carbonyl (C=O) groups is 1. The Labute approximate surface area is 87.5 Å². The molecule has 2 atom stereocenters. The number of piperidine rings is 1. The van der Waals surface area contributed by atoms with Crippen molar-refractivity contribution in [2.75, 3.05) is 6.54 Å². The number of hydrogen-bond acceptors (Lipinski definition) is 1. The summed E-state index contributed by atoms with van der Waals surface area (Å²) >= 11 is 0. The molecule has 1 aromatic rings. The molecule has 0 bridgehead atoms. The van der Waals surface area contributed by atoms with Gasteiger partial charge in [0.05, 0.1) is 0 Å². The lowest BCUT2D eigenvalue weighted by molar-refractivity contribution is -0.120. The zero-order valence-electron chi connectivity index (χ0n) is 8.29. The smallest absolute Gasteiger partial charge is 0.223 e. The minimum absolute atomic E-state index is 0.148. The summed E-state index contributed by atoms with van der Waals surface area (Å²) in [6, 6.07) is 6.58. The van der Waals surface area contributed by atoms with Gasteiger partial charge < -0.3 is 5.32 Å². The molecule has 2 unspecified atom stereocenters. The molecule has 2 fully saturated rings. The lowest BCUT2D eigenvalue weighted by Crippen LogP contribution is -2.21. The van der Waals surface area contributed by atoms with Crippen LogP contribution in [0.2, 0.25) is 0 Å². The van der Waals surface area contributed by atoms with Crippen LogP contribution in [0.25, 0.3) is 0 Å². The minimum atomic E-state index is -0.204. The van der Waals surface area contributed by atoms with Crippen LogP contribution in [0, 0.1) is 17.2 Å². The Morgan fingerprint density at radius 2 is 2.13 bits per heavy atom. The SMILES string of the molecule is O=C1NCC2(Cc3ccc(F)cc3)CC12. The van der Waals surface area contributed by atoms with E-state index in [2.05, 4.69) is 5.32 Å². The summed E-state index contributed by atoms with van der Waals surface area (Å²) < 4.78 is 12.7. The summed E-state index contributed by atoms with van der Waals surface area (Å²) in [6.45, 7) is 0.786. The Morgan fingerprint density at radius 3 is 2.67 bits per heavy atom. The number of fused-ring (bicyclic) bond motifs is 1. The normalized spacial score (nSPS) is 32.3. The van der Waals surface area contributed by atoms with Crippen molar-refractivity contribution in [2.45, 2.75) is 12.8 Å². The quantitative estimate of drug-likeness (QED) is 0.779. The Bertz CT molecular complexity index is 414. The summed E-state index contributed by atoms with van der Waals surface area (Å²) in [5.41, 5.74) is 1.27. The Balaban J connectivity index is 1.77. The minimum Gasteiger partial charge on any atom is -0.355 e. The summed E-state index contributed by atoms with van der Waals surface area (Å²) in [5.74, 6) is 0.198. The fourth-order valence-corrected chi connectivity index (χ4v) is 2.57. The van der Waals surface area contributed by atoms with Crippen molar-refractivity contribution < 1.29 is 9.18 Å². The van der Waals surface area contributed by atoms with Gasteiger partial charge in [0, 0.05) is 17.9 Å². The highest BCUT2D eigenvalue weighted by molar-refractivity contribution is 5.85. The highest BCUT2D eigenvalue weighted by atomic mass is 19.1. The number of benzene rings is 1.